The highest BCUT2D eigenvalue weighted by molar-refractivity contribution is 5.72. The zero-order valence-electron chi connectivity index (χ0n) is 15.4. The standard InChI is InChI=1S/C20H30O5/c1-3-4-5-6-9-16-24-19(21)10-7-8-11-20(22)25-18-14-12-17(23-2)13-15-18/h12-15H,3-11,16H2,1-2H3. The maximum atomic E-state index is 11.7. The minimum Gasteiger partial charge on any atom is -0.497 e. The first kappa shape index (κ1) is 21.0. The molecule has 0 radical (unpaired) electrons. The summed E-state index contributed by atoms with van der Waals surface area (Å²) in [6, 6.07) is 6.85. The number of ether oxygens (including phenoxy) is 3. The molecule has 0 aliphatic heterocycles. The fourth-order valence-corrected chi connectivity index (χ4v) is 2.33. The summed E-state index contributed by atoms with van der Waals surface area (Å²) < 4.78 is 15.4. The topological polar surface area (TPSA) is 61.8 Å². The summed E-state index contributed by atoms with van der Waals surface area (Å²) in [4.78, 5) is 23.3. The van der Waals surface area contributed by atoms with Gasteiger partial charge in [-0.3, -0.25) is 9.59 Å². The Labute approximate surface area is 150 Å². The van der Waals surface area contributed by atoms with E-state index in [0.29, 0.717) is 37.4 Å². The van der Waals surface area contributed by atoms with Crippen molar-refractivity contribution in [2.75, 3.05) is 13.7 Å². The van der Waals surface area contributed by atoms with Crippen molar-refractivity contribution in [1.82, 2.24) is 0 Å². The lowest BCUT2D eigenvalue weighted by Crippen LogP contribution is -2.09. The van der Waals surface area contributed by atoms with E-state index in [1.807, 2.05) is 0 Å². The molecule has 1 aromatic carbocycles. The Kier molecular flexibility index (Phi) is 11.2. The average molecular weight is 350 g/mol. The molecule has 0 aliphatic carbocycles. The normalized spacial score (nSPS) is 10.3. The van der Waals surface area contributed by atoms with Crippen molar-refractivity contribution in [1.29, 1.82) is 0 Å². The molecule has 5 nitrogen and oxygen atoms in total. The molecular formula is C20H30O5. The predicted molar refractivity (Wildman–Crippen MR) is 96.8 cm³/mol. The molecule has 0 amide bonds. The summed E-state index contributed by atoms with van der Waals surface area (Å²) in [5.74, 6) is 0.727. The quantitative estimate of drug-likeness (QED) is 0.294. The number of carbonyl (C=O) groups excluding carboxylic acids is 2. The summed E-state index contributed by atoms with van der Waals surface area (Å²) in [5, 5.41) is 0. The zero-order valence-corrected chi connectivity index (χ0v) is 15.4. The van der Waals surface area contributed by atoms with Gasteiger partial charge in [-0.25, -0.2) is 0 Å². The van der Waals surface area contributed by atoms with Crippen molar-refractivity contribution in [3.05, 3.63) is 24.3 Å². The van der Waals surface area contributed by atoms with Crippen LogP contribution < -0.4 is 9.47 Å². The summed E-state index contributed by atoms with van der Waals surface area (Å²) in [7, 11) is 1.58. The van der Waals surface area contributed by atoms with Gasteiger partial charge in [0.1, 0.15) is 11.5 Å². The van der Waals surface area contributed by atoms with Gasteiger partial charge in [-0.05, 0) is 43.5 Å². The molecule has 0 spiro atoms. The third-order valence-electron chi connectivity index (χ3n) is 3.81. The van der Waals surface area contributed by atoms with Gasteiger partial charge in [-0.2, -0.15) is 0 Å². The van der Waals surface area contributed by atoms with Crippen LogP contribution in [-0.4, -0.2) is 25.7 Å². The Morgan fingerprint density at radius 2 is 1.40 bits per heavy atom. The van der Waals surface area contributed by atoms with Gasteiger partial charge < -0.3 is 14.2 Å². The molecular weight excluding hydrogens is 320 g/mol. The Hall–Kier alpha value is -2.04. The number of hydrogen-bond donors (Lipinski definition) is 0. The van der Waals surface area contributed by atoms with Crippen LogP contribution in [0.5, 0.6) is 11.5 Å². The molecule has 1 aromatic rings. The van der Waals surface area contributed by atoms with E-state index in [1.54, 1.807) is 31.4 Å². The first-order chi connectivity index (χ1) is 12.2. The molecule has 0 fully saturated rings. The van der Waals surface area contributed by atoms with E-state index in [0.717, 1.165) is 12.8 Å². The number of carbonyl (C=O) groups is 2. The third kappa shape index (κ3) is 10.4. The van der Waals surface area contributed by atoms with Crippen LogP contribution in [0.4, 0.5) is 0 Å². The Morgan fingerprint density at radius 1 is 0.800 bits per heavy atom. The van der Waals surface area contributed by atoms with E-state index in [9.17, 15) is 9.59 Å². The van der Waals surface area contributed by atoms with Crippen LogP contribution in [0, 0.1) is 0 Å². The van der Waals surface area contributed by atoms with Gasteiger partial charge in [0, 0.05) is 12.8 Å². The maximum Gasteiger partial charge on any atom is 0.311 e. The van der Waals surface area contributed by atoms with Crippen molar-refractivity contribution in [2.45, 2.75) is 64.7 Å². The van der Waals surface area contributed by atoms with Crippen LogP contribution in [0.25, 0.3) is 0 Å². The predicted octanol–water partition coefficient (Wildman–Crippen LogP) is 4.67. The second-order valence-electron chi connectivity index (χ2n) is 5.99. The molecule has 0 saturated heterocycles. The first-order valence-electron chi connectivity index (χ1n) is 9.16. The lowest BCUT2D eigenvalue weighted by Gasteiger charge is -2.06. The number of unbranched alkanes of at least 4 members (excludes halogenated alkanes) is 5. The summed E-state index contributed by atoms with van der Waals surface area (Å²) >= 11 is 0. The molecule has 0 heterocycles. The van der Waals surface area contributed by atoms with Crippen LogP contribution in [0.1, 0.15) is 64.7 Å². The molecule has 0 aliphatic rings. The van der Waals surface area contributed by atoms with Crippen molar-refractivity contribution in [2.24, 2.45) is 0 Å². The van der Waals surface area contributed by atoms with Crippen LogP contribution in [0.2, 0.25) is 0 Å². The van der Waals surface area contributed by atoms with E-state index in [-0.39, 0.29) is 18.4 Å². The van der Waals surface area contributed by atoms with Crippen LogP contribution in [0.15, 0.2) is 24.3 Å². The molecule has 0 aromatic heterocycles. The zero-order chi connectivity index (χ0) is 18.3. The molecule has 5 heteroatoms. The molecule has 0 unspecified atom stereocenters. The van der Waals surface area contributed by atoms with Gasteiger partial charge in [0.15, 0.2) is 0 Å². The van der Waals surface area contributed by atoms with Crippen LogP contribution in [0.3, 0.4) is 0 Å². The number of esters is 2. The molecule has 140 valence electrons. The monoisotopic (exact) mass is 350 g/mol. The average Bonchev–Trinajstić information content (AvgIpc) is 2.62. The van der Waals surface area contributed by atoms with E-state index in [4.69, 9.17) is 14.2 Å². The largest absolute Gasteiger partial charge is 0.497 e. The van der Waals surface area contributed by atoms with Crippen molar-refractivity contribution >= 4 is 11.9 Å². The SMILES string of the molecule is CCCCCCCOC(=O)CCCCC(=O)Oc1ccc(OC)cc1. The van der Waals surface area contributed by atoms with E-state index in [2.05, 4.69) is 6.92 Å². The molecule has 0 bridgehead atoms. The molecule has 0 N–H and O–H groups in total. The maximum absolute atomic E-state index is 11.7. The van der Waals surface area contributed by atoms with Crippen molar-refractivity contribution < 1.29 is 23.8 Å². The van der Waals surface area contributed by atoms with Crippen LogP contribution in [-0.2, 0) is 14.3 Å². The summed E-state index contributed by atoms with van der Waals surface area (Å²) in [5.41, 5.74) is 0. The number of hydrogen-bond acceptors (Lipinski definition) is 5. The highest BCUT2D eigenvalue weighted by Gasteiger charge is 2.07. The van der Waals surface area contributed by atoms with E-state index >= 15 is 0 Å². The smallest absolute Gasteiger partial charge is 0.311 e. The van der Waals surface area contributed by atoms with E-state index in [1.165, 1.54) is 19.3 Å². The van der Waals surface area contributed by atoms with Crippen molar-refractivity contribution in [3.63, 3.8) is 0 Å². The Bertz CT molecular complexity index is 495. The second kappa shape index (κ2) is 13.3. The van der Waals surface area contributed by atoms with Gasteiger partial charge in [0.05, 0.1) is 13.7 Å². The van der Waals surface area contributed by atoms with Crippen molar-refractivity contribution in [3.8, 4) is 11.5 Å². The molecule has 1 rings (SSSR count). The molecule has 25 heavy (non-hydrogen) atoms. The molecule has 0 atom stereocenters. The van der Waals surface area contributed by atoms with Gasteiger partial charge in [0.25, 0.3) is 0 Å². The highest BCUT2D eigenvalue weighted by atomic mass is 16.5. The van der Waals surface area contributed by atoms with E-state index < -0.39 is 0 Å². The van der Waals surface area contributed by atoms with Gasteiger partial charge in [0.2, 0.25) is 0 Å². The summed E-state index contributed by atoms with van der Waals surface area (Å²) in [6.07, 6.45) is 7.57. The Balaban J connectivity index is 2.04. The number of rotatable bonds is 13. The summed E-state index contributed by atoms with van der Waals surface area (Å²) in [6.45, 7) is 2.68. The lowest BCUT2D eigenvalue weighted by atomic mass is 10.2. The minimum atomic E-state index is -0.297. The van der Waals surface area contributed by atoms with Gasteiger partial charge in [-0.15, -0.1) is 0 Å². The second-order valence-corrected chi connectivity index (χ2v) is 5.99. The highest BCUT2D eigenvalue weighted by Crippen LogP contribution is 2.17. The fourth-order valence-electron chi connectivity index (χ4n) is 2.33. The fraction of sp³-hybridized carbons (Fsp3) is 0.600. The van der Waals surface area contributed by atoms with Crippen LogP contribution >= 0.6 is 0 Å². The number of methoxy groups -OCH3 is 1. The first-order valence-corrected chi connectivity index (χ1v) is 9.16. The minimum absolute atomic E-state index is 0.181. The lowest BCUT2D eigenvalue weighted by molar-refractivity contribution is -0.144. The number of benzene rings is 1. The van der Waals surface area contributed by atoms with Gasteiger partial charge in [-0.1, -0.05) is 32.6 Å². The third-order valence-corrected chi connectivity index (χ3v) is 3.81. The molecule has 0 saturated carbocycles. The van der Waals surface area contributed by atoms with Gasteiger partial charge >= 0.3 is 11.9 Å². The Morgan fingerprint density at radius 3 is 2.04 bits per heavy atom.